The van der Waals surface area contributed by atoms with Crippen molar-refractivity contribution >= 4 is 52.2 Å². The van der Waals surface area contributed by atoms with E-state index in [1.807, 2.05) is 30.3 Å². The first-order valence-electron chi connectivity index (χ1n) is 14.0. The van der Waals surface area contributed by atoms with Gasteiger partial charge in [-0.1, -0.05) is 23.7 Å². The highest BCUT2D eigenvalue weighted by Crippen LogP contribution is 2.30. The van der Waals surface area contributed by atoms with Gasteiger partial charge >= 0.3 is 0 Å². The molecule has 3 N–H and O–H groups in total. The van der Waals surface area contributed by atoms with Crippen LogP contribution in [-0.4, -0.2) is 39.8 Å². The molecule has 1 fully saturated rings. The molecule has 3 aromatic carbocycles. The zero-order valence-corrected chi connectivity index (χ0v) is 23.6. The number of fused-ring (bicyclic) bond motifs is 6. The van der Waals surface area contributed by atoms with Crippen molar-refractivity contribution in [1.29, 1.82) is 0 Å². The number of hydrogen-bond acceptors (Lipinski definition) is 6. The summed E-state index contributed by atoms with van der Waals surface area (Å²) in [7, 11) is 0. The Morgan fingerprint density at radius 1 is 0.976 bits per heavy atom. The van der Waals surface area contributed by atoms with Gasteiger partial charge in [0, 0.05) is 42.1 Å². The molecule has 0 saturated carbocycles. The van der Waals surface area contributed by atoms with Gasteiger partial charge < -0.3 is 20.9 Å². The van der Waals surface area contributed by atoms with E-state index in [0.717, 1.165) is 53.9 Å². The van der Waals surface area contributed by atoms with Crippen molar-refractivity contribution in [2.45, 2.75) is 32.1 Å². The highest BCUT2D eigenvalue weighted by Gasteiger charge is 2.25. The van der Waals surface area contributed by atoms with E-state index in [2.05, 4.69) is 38.1 Å². The predicted molar refractivity (Wildman–Crippen MR) is 162 cm³/mol. The molecular formula is C32H30ClFN6O2. The number of benzene rings is 3. The third kappa shape index (κ3) is 6.52. The molecular weight excluding hydrogens is 555 g/mol. The maximum Gasteiger partial charge on any atom is 0.253 e. The van der Waals surface area contributed by atoms with E-state index in [1.165, 1.54) is 24.3 Å². The fraction of sp³-hybridized carbons (Fsp3) is 0.250. The first-order valence-corrected chi connectivity index (χ1v) is 14.4. The highest BCUT2D eigenvalue weighted by atomic mass is 35.5. The van der Waals surface area contributed by atoms with Crippen LogP contribution in [0.2, 0.25) is 5.02 Å². The fourth-order valence-corrected chi connectivity index (χ4v) is 5.58. The van der Waals surface area contributed by atoms with Gasteiger partial charge in [-0.15, -0.1) is 0 Å². The van der Waals surface area contributed by atoms with Gasteiger partial charge in [-0.05, 0) is 97.3 Å². The largest absolute Gasteiger partial charge is 0.339 e. The minimum Gasteiger partial charge on any atom is -0.339 e. The van der Waals surface area contributed by atoms with Crippen molar-refractivity contribution in [3.8, 4) is 0 Å². The Hall–Kier alpha value is -4.50. The van der Waals surface area contributed by atoms with Gasteiger partial charge in [-0.25, -0.2) is 9.37 Å². The monoisotopic (exact) mass is 584 g/mol. The number of carbonyl (C=O) groups is 2. The van der Waals surface area contributed by atoms with E-state index < -0.39 is 0 Å². The molecule has 0 radical (unpaired) electrons. The third-order valence-corrected chi connectivity index (χ3v) is 8.00. The third-order valence-electron chi connectivity index (χ3n) is 7.72. The van der Waals surface area contributed by atoms with E-state index in [1.54, 1.807) is 11.1 Å². The van der Waals surface area contributed by atoms with Gasteiger partial charge in [0.05, 0.1) is 6.20 Å². The van der Waals surface area contributed by atoms with Crippen molar-refractivity contribution in [2.24, 2.45) is 5.92 Å². The zero-order valence-electron chi connectivity index (χ0n) is 22.9. The van der Waals surface area contributed by atoms with E-state index in [9.17, 15) is 14.0 Å². The van der Waals surface area contributed by atoms with Gasteiger partial charge in [0.2, 0.25) is 11.9 Å². The van der Waals surface area contributed by atoms with E-state index in [4.69, 9.17) is 11.6 Å². The van der Waals surface area contributed by atoms with Crippen LogP contribution in [0.4, 0.5) is 33.2 Å². The van der Waals surface area contributed by atoms with Crippen LogP contribution in [0.15, 0.2) is 72.9 Å². The van der Waals surface area contributed by atoms with Crippen LogP contribution in [0.1, 0.15) is 40.7 Å². The Bertz CT molecular complexity index is 1620. The quantitative estimate of drug-likeness (QED) is 0.246. The SMILES string of the molecule is O=C(CC1CCN(C(=O)c2ccc(F)cc2)CC1)Nc1ccc2cc1CCc1cccc(c1)Nc1ncc(Cl)c(n1)N2. The summed E-state index contributed by atoms with van der Waals surface area (Å²) in [5, 5.41) is 10.1. The lowest BCUT2D eigenvalue weighted by Gasteiger charge is -2.32. The Morgan fingerprint density at radius 2 is 1.76 bits per heavy atom. The normalized spacial score (nSPS) is 14.9. The number of piperidine rings is 1. The van der Waals surface area contributed by atoms with Crippen LogP contribution in [0.25, 0.3) is 0 Å². The van der Waals surface area contributed by atoms with Crippen molar-refractivity contribution in [2.75, 3.05) is 29.0 Å². The van der Waals surface area contributed by atoms with Gasteiger partial charge in [0.1, 0.15) is 10.8 Å². The zero-order chi connectivity index (χ0) is 29.1. The molecule has 0 spiro atoms. The maximum absolute atomic E-state index is 13.2. The minimum atomic E-state index is -0.366. The van der Waals surface area contributed by atoms with E-state index in [-0.39, 0.29) is 23.5 Å². The molecule has 6 rings (SSSR count). The summed E-state index contributed by atoms with van der Waals surface area (Å²) < 4.78 is 13.2. The van der Waals surface area contributed by atoms with Gasteiger partial charge in [0.25, 0.3) is 5.91 Å². The van der Waals surface area contributed by atoms with Crippen LogP contribution in [-0.2, 0) is 17.6 Å². The number of carbonyl (C=O) groups excluding carboxylic acids is 2. The molecule has 42 heavy (non-hydrogen) atoms. The number of aryl methyl sites for hydroxylation is 2. The van der Waals surface area contributed by atoms with Gasteiger partial charge in [0.15, 0.2) is 5.82 Å². The molecule has 2 aliphatic rings. The highest BCUT2D eigenvalue weighted by molar-refractivity contribution is 6.32. The number of nitrogens with one attached hydrogen (secondary N) is 3. The second-order valence-electron chi connectivity index (χ2n) is 10.7. The summed E-state index contributed by atoms with van der Waals surface area (Å²) in [6.45, 7) is 1.14. The molecule has 1 aromatic heterocycles. The van der Waals surface area contributed by atoms with Crippen LogP contribution in [0.5, 0.6) is 0 Å². The number of rotatable bonds is 4. The number of hydrogen-bond donors (Lipinski definition) is 3. The number of aromatic nitrogens is 2. The van der Waals surface area contributed by atoms with Gasteiger partial charge in [-0.2, -0.15) is 4.98 Å². The summed E-state index contributed by atoms with van der Waals surface area (Å²) in [4.78, 5) is 36.5. The van der Waals surface area contributed by atoms with Crippen LogP contribution >= 0.6 is 11.6 Å². The van der Waals surface area contributed by atoms with Crippen LogP contribution in [0, 0.1) is 11.7 Å². The van der Waals surface area contributed by atoms with Crippen LogP contribution in [0.3, 0.4) is 0 Å². The van der Waals surface area contributed by atoms with Gasteiger partial charge in [-0.3, -0.25) is 9.59 Å². The molecule has 4 aromatic rings. The smallest absolute Gasteiger partial charge is 0.253 e. The fourth-order valence-electron chi connectivity index (χ4n) is 5.44. The topological polar surface area (TPSA) is 99.3 Å². The summed E-state index contributed by atoms with van der Waals surface area (Å²) in [6.07, 6.45) is 4.91. The first kappa shape index (κ1) is 27.7. The minimum absolute atomic E-state index is 0.0483. The molecule has 0 atom stereocenters. The molecule has 214 valence electrons. The van der Waals surface area contributed by atoms with Crippen molar-refractivity contribution < 1.29 is 14.0 Å². The molecule has 0 aliphatic carbocycles. The molecule has 2 amide bonds. The summed E-state index contributed by atoms with van der Waals surface area (Å²) in [5.74, 6) is 0.581. The Labute approximate surface area is 248 Å². The molecule has 10 heteroatoms. The molecule has 3 heterocycles. The Morgan fingerprint density at radius 3 is 2.57 bits per heavy atom. The lowest BCUT2D eigenvalue weighted by atomic mass is 9.92. The Kier molecular flexibility index (Phi) is 8.01. The number of amides is 2. The van der Waals surface area contributed by atoms with E-state index in [0.29, 0.717) is 41.9 Å². The number of halogens is 2. The molecule has 6 bridgehead atoms. The average Bonchev–Trinajstić information content (AvgIpc) is 2.99. The van der Waals surface area contributed by atoms with Crippen molar-refractivity contribution in [3.05, 3.63) is 100 Å². The first-order chi connectivity index (χ1) is 20.4. The molecule has 1 saturated heterocycles. The van der Waals surface area contributed by atoms with Crippen LogP contribution < -0.4 is 16.0 Å². The second kappa shape index (κ2) is 12.2. The predicted octanol–water partition coefficient (Wildman–Crippen LogP) is 6.74. The van der Waals surface area contributed by atoms with Crippen molar-refractivity contribution in [3.63, 3.8) is 0 Å². The lowest BCUT2D eigenvalue weighted by molar-refractivity contribution is -0.117. The second-order valence-corrected chi connectivity index (χ2v) is 11.1. The summed E-state index contributed by atoms with van der Waals surface area (Å²) >= 11 is 6.38. The molecule has 0 unspecified atom stereocenters. The standard InChI is InChI=1S/C32H30ClFN6O2/c33-27-19-35-32-37-25-3-1-2-20(16-25)4-5-23-18-26(36-30(27)39-32)10-11-28(23)38-29(41)17-21-12-14-40(15-13-21)31(42)22-6-8-24(34)9-7-22/h1-3,6-11,16,18-19,21H,4-5,12-15,17H2,(H,38,41)(H2,35,36,37,39). The maximum atomic E-state index is 13.2. The molecule has 8 nitrogen and oxygen atoms in total. The number of nitrogens with zero attached hydrogens (tertiary/aromatic N) is 3. The number of likely N-dealkylation sites (tertiary alicyclic amines) is 1. The summed E-state index contributed by atoms with van der Waals surface area (Å²) in [5.41, 5.74) is 5.07. The lowest BCUT2D eigenvalue weighted by Crippen LogP contribution is -2.39. The van der Waals surface area contributed by atoms with Crippen molar-refractivity contribution in [1.82, 2.24) is 14.9 Å². The Balaban J connectivity index is 1.13. The number of anilines is 5. The molecule has 2 aliphatic heterocycles. The average molecular weight is 585 g/mol. The summed E-state index contributed by atoms with van der Waals surface area (Å²) in [6, 6.07) is 19.5. The van der Waals surface area contributed by atoms with E-state index >= 15 is 0 Å².